The normalized spacial score (nSPS) is 11.7. The molecule has 0 aliphatic rings. The fraction of sp³-hybridized carbons (Fsp3) is 0.238. The summed E-state index contributed by atoms with van der Waals surface area (Å²) in [5.74, 6) is 0.00878. The van der Waals surface area contributed by atoms with E-state index in [1.54, 1.807) is 12.1 Å². The fourth-order valence-electron chi connectivity index (χ4n) is 2.38. The second-order valence-corrected chi connectivity index (χ2v) is 6.08. The molecule has 2 aromatic carbocycles. The lowest BCUT2D eigenvalue weighted by Gasteiger charge is -2.13. The van der Waals surface area contributed by atoms with Crippen molar-refractivity contribution in [2.75, 3.05) is 11.9 Å². The summed E-state index contributed by atoms with van der Waals surface area (Å²) in [6, 6.07) is 10.9. The Morgan fingerprint density at radius 3 is 2.43 bits per heavy atom. The summed E-state index contributed by atoms with van der Waals surface area (Å²) in [4.78, 5) is 16.1. The maximum atomic E-state index is 12.8. The first kappa shape index (κ1) is 21.1. The van der Waals surface area contributed by atoms with E-state index in [-0.39, 0.29) is 18.3 Å². The Kier molecular flexibility index (Phi) is 6.87. The van der Waals surface area contributed by atoms with Crippen LogP contribution in [0.25, 0.3) is 5.57 Å². The molecule has 0 atom stereocenters. The molecule has 0 bridgehead atoms. The smallest absolute Gasteiger partial charge is 0.394 e. The van der Waals surface area contributed by atoms with Gasteiger partial charge in [-0.15, -0.1) is 0 Å². The minimum Gasteiger partial charge on any atom is -0.484 e. The lowest BCUT2D eigenvalue weighted by molar-refractivity contribution is -0.158. The standard InChI is InChI=1S/C21H22F2N2O3/c1-5-14(2)18-12-15(6-11-19(18)24-4)25-20(26)13-27-16-7-9-17(10-8-16)28-21(3,22)23/h5-12H,4,13H2,1-3H3,(H,25,26)/b14-5-. The predicted molar refractivity (Wildman–Crippen MR) is 107 cm³/mol. The second kappa shape index (κ2) is 9.12. The molecule has 0 radical (unpaired) electrons. The lowest BCUT2D eigenvalue weighted by atomic mass is 10.0. The summed E-state index contributed by atoms with van der Waals surface area (Å²) >= 11 is 0. The Balaban J connectivity index is 1.96. The third-order valence-electron chi connectivity index (χ3n) is 3.80. The Hall–Kier alpha value is -3.22. The number of allylic oxidation sites excluding steroid dienone is 2. The van der Waals surface area contributed by atoms with Gasteiger partial charge in [0.15, 0.2) is 6.61 Å². The molecule has 2 aromatic rings. The predicted octanol–water partition coefficient (Wildman–Crippen LogP) is 5.45. The van der Waals surface area contributed by atoms with Crippen molar-refractivity contribution in [3.63, 3.8) is 0 Å². The van der Waals surface area contributed by atoms with Crippen molar-refractivity contribution in [3.8, 4) is 11.5 Å². The number of rotatable bonds is 8. The van der Waals surface area contributed by atoms with E-state index in [1.807, 2.05) is 26.0 Å². The van der Waals surface area contributed by atoms with Gasteiger partial charge < -0.3 is 14.8 Å². The number of benzene rings is 2. The topological polar surface area (TPSA) is 59.9 Å². The van der Waals surface area contributed by atoms with Crippen LogP contribution >= 0.6 is 0 Å². The van der Waals surface area contributed by atoms with Gasteiger partial charge in [0.25, 0.3) is 5.91 Å². The molecule has 1 amide bonds. The van der Waals surface area contributed by atoms with Crippen molar-refractivity contribution >= 4 is 29.6 Å². The largest absolute Gasteiger partial charge is 0.484 e. The number of aliphatic imine (C=N–C) groups is 1. The number of nitrogens with one attached hydrogen (secondary N) is 1. The molecule has 1 N–H and O–H groups in total. The highest BCUT2D eigenvalue weighted by Crippen LogP contribution is 2.29. The number of carbonyl (C=O) groups is 1. The summed E-state index contributed by atoms with van der Waals surface area (Å²) in [5, 5.41) is 2.75. The Bertz CT molecular complexity index is 872. The second-order valence-electron chi connectivity index (χ2n) is 6.08. The van der Waals surface area contributed by atoms with Crippen molar-refractivity contribution in [2.45, 2.75) is 26.9 Å². The first-order valence-electron chi connectivity index (χ1n) is 8.55. The van der Waals surface area contributed by atoms with Gasteiger partial charge in [0.2, 0.25) is 0 Å². The maximum absolute atomic E-state index is 12.8. The number of hydrogen-bond donors (Lipinski definition) is 1. The summed E-state index contributed by atoms with van der Waals surface area (Å²) < 4.78 is 35.4. The van der Waals surface area contributed by atoms with E-state index in [1.165, 1.54) is 24.3 Å². The van der Waals surface area contributed by atoms with Gasteiger partial charge in [0.1, 0.15) is 11.5 Å². The lowest BCUT2D eigenvalue weighted by Crippen LogP contribution is -2.20. The highest BCUT2D eigenvalue weighted by molar-refractivity contribution is 5.93. The van der Waals surface area contributed by atoms with Crippen LogP contribution in [0.4, 0.5) is 20.2 Å². The number of carbonyl (C=O) groups excluding carboxylic acids is 1. The molecule has 0 heterocycles. The molecule has 148 valence electrons. The molecule has 7 heteroatoms. The van der Waals surface area contributed by atoms with Gasteiger partial charge in [0.05, 0.1) is 5.69 Å². The Labute approximate surface area is 162 Å². The molecular weight excluding hydrogens is 366 g/mol. The van der Waals surface area contributed by atoms with Crippen LogP contribution in [0.1, 0.15) is 26.3 Å². The van der Waals surface area contributed by atoms with Crippen molar-refractivity contribution < 1.29 is 23.0 Å². The maximum Gasteiger partial charge on any atom is 0.394 e. The first-order valence-corrected chi connectivity index (χ1v) is 8.55. The summed E-state index contributed by atoms with van der Waals surface area (Å²) in [7, 11) is 0. The molecule has 0 fully saturated rings. The van der Waals surface area contributed by atoms with Gasteiger partial charge in [-0.25, -0.2) is 0 Å². The third kappa shape index (κ3) is 6.19. The minimum absolute atomic E-state index is 0.00657. The van der Waals surface area contributed by atoms with Crippen LogP contribution in [0.2, 0.25) is 0 Å². The van der Waals surface area contributed by atoms with Crippen molar-refractivity contribution in [3.05, 3.63) is 54.1 Å². The molecular formula is C21H22F2N2O3. The molecule has 0 aliphatic carbocycles. The number of alkyl halides is 2. The van der Waals surface area contributed by atoms with Crippen LogP contribution < -0.4 is 14.8 Å². The summed E-state index contributed by atoms with van der Waals surface area (Å²) in [5.41, 5.74) is 3.21. The van der Waals surface area contributed by atoms with Crippen LogP contribution in [0.5, 0.6) is 11.5 Å². The number of amides is 1. The molecule has 0 unspecified atom stereocenters. The van der Waals surface area contributed by atoms with E-state index in [0.717, 1.165) is 16.8 Å². The molecule has 0 aromatic heterocycles. The van der Waals surface area contributed by atoms with Crippen LogP contribution in [0.15, 0.2) is 53.5 Å². The van der Waals surface area contributed by atoms with Crippen LogP contribution in [-0.2, 0) is 4.79 Å². The van der Waals surface area contributed by atoms with Gasteiger partial charge in [0, 0.05) is 18.2 Å². The highest BCUT2D eigenvalue weighted by atomic mass is 19.3. The van der Waals surface area contributed by atoms with Gasteiger partial charge in [-0.2, -0.15) is 8.78 Å². The molecule has 5 nitrogen and oxygen atoms in total. The molecule has 28 heavy (non-hydrogen) atoms. The van der Waals surface area contributed by atoms with E-state index >= 15 is 0 Å². The summed E-state index contributed by atoms with van der Waals surface area (Å²) in [6.07, 6.45) is -1.32. The van der Waals surface area contributed by atoms with Crippen molar-refractivity contribution in [1.29, 1.82) is 0 Å². The zero-order chi connectivity index (χ0) is 20.7. The Morgan fingerprint density at radius 1 is 1.21 bits per heavy atom. The van der Waals surface area contributed by atoms with Crippen LogP contribution in [0, 0.1) is 0 Å². The number of ether oxygens (including phenoxy) is 2. The zero-order valence-electron chi connectivity index (χ0n) is 16.0. The molecule has 0 saturated heterocycles. The Morgan fingerprint density at radius 2 is 1.86 bits per heavy atom. The van der Waals surface area contributed by atoms with Crippen LogP contribution in [0.3, 0.4) is 0 Å². The van der Waals surface area contributed by atoms with E-state index in [9.17, 15) is 13.6 Å². The average molecular weight is 388 g/mol. The zero-order valence-corrected chi connectivity index (χ0v) is 16.0. The molecule has 0 spiro atoms. The monoisotopic (exact) mass is 388 g/mol. The van der Waals surface area contributed by atoms with Gasteiger partial charge >= 0.3 is 6.11 Å². The van der Waals surface area contributed by atoms with Crippen molar-refractivity contribution in [1.82, 2.24) is 0 Å². The number of nitrogens with zero attached hydrogens (tertiary/aromatic N) is 1. The highest BCUT2D eigenvalue weighted by Gasteiger charge is 2.22. The number of anilines is 1. The van der Waals surface area contributed by atoms with Crippen LogP contribution in [-0.4, -0.2) is 25.3 Å². The van der Waals surface area contributed by atoms with E-state index < -0.39 is 6.11 Å². The van der Waals surface area contributed by atoms with E-state index in [0.29, 0.717) is 18.4 Å². The molecule has 0 saturated carbocycles. The van der Waals surface area contributed by atoms with Gasteiger partial charge in [-0.05, 0) is 68.6 Å². The van der Waals surface area contributed by atoms with Gasteiger partial charge in [-0.3, -0.25) is 9.79 Å². The van der Waals surface area contributed by atoms with E-state index in [4.69, 9.17) is 4.74 Å². The average Bonchev–Trinajstić information content (AvgIpc) is 2.65. The first-order chi connectivity index (χ1) is 13.2. The van der Waals surface area contributed by atoms with Gasteiger partial charge in [-0.1, -0.05) is 6.08 Å². The fourth-order valence-corrected chi connectivity index (χ4v) is 2.38. The molecule has 0 aliphatic heterocycles. The minimum atomic E-state index is -3.26. The SMILES string of the molecule is C=Nc1ccc(NC(=O)COc2ccc(OC(C)(F)F)cc2)cc1/C(C)=C\C. The number of hydrogen-bond acceptors (Lipinski definition) is 4. The number of halogens is 2. The summed E-state index contributed by atoms with van der Waals surface area (Å²) in [6.45, 7) is 7.84. The quantitative estimate of drug-likeness (QED) is 0.612. The third-order valence-corrected chi connectivity index (χ3v) is 3.80. The molecule has 2 rings (SSSR count). The van der Waals surface area contributed by atoms with E-state index in [2.05, 4.69) is 21.8 Å². The van der Waals surface area contributed by atoms with Crippen molar-refractivity contribution in [2.24, 2.45) is 4.99 Å².